The van der Waals surface area contributed by atoms with E-state index in [0.717, 1.165) is 25.7 Å². The van der Waals surface area contributed by atoms with Crippen molar-refractivity contribution in [1.29, 1.82) is 0 Å². The Kier molecular flexibility index (Phi) is 5.09. The summed E-state index contributed by atoms with van der Waals surface area (Å²) in [7, 11) is 0. The Labute approximate surface area is 118 Å². The number of carbonyl (C=O) groups is 1. The molecule has 0 radical (unpaired) electrons. The quantitative estimate of drug-likeness (QED) is 0.829. The van der Waals surface area contributed by atoms with Gasteiger partial charge >= 0.3 is 0 Å². The summed E-state index contributed by atoms with van der Waals surface area (Å²) in [6.07, 6.45) is 5.16. The maximum absolute atomic E-state index is 13.7. The normalized spacial score (nSPS) is 23.3. The van der Waals surface area contributed by atoms with Crippen molar-refractivity contribution in [3.05, 3.63) is 35.1 Å². The smallest absolute Gasteiger partial charge is 0.248 e. The first-order valence-corrected chi connectivity index (χ1v) is 7.03. The van der Waals surface area contributed by atoms with Gasteiger partial charge in [-0.25, -0.2) is 4.39 Å². The van der Waals surface area contributed by atoms with Crippen molar-refractivity contribution in [1.82, 2.24) is 0 Å². The van der Waals surface area contributed by atoms with Gasteiger partial charge in [-0.15, -0.1) is 0 Å². The van der Waals surface area contributed by atoms with E-state index in [2.05, 4.69) is 0 Å². The zero-order valence-corrected chi connectivity index (χ0v) is 11.5. The number of ether oxygens (including phenoxy) is 1. The van der Waals surface area contributed by atoms with E-state index in [1.165, 1.54) is 24.6 Å². The highest BCUT2D eigenvalue weighted by atomic mass is 19.1. The molecule has 1 aromatic rings. The summed E-state index contributed by atoms with van der Waals surface area (Å²) in [5.74, 6) is -0.963. The van der Waals surface area contributed by atoms with Crippen LogP contribution in [0.1, 0.15) is 48.0 Å². The minimum absolute atomic E-state index is 0.000107. The van der Waals surface area contributed by atoms with Crippen molar-refractivity contribution >= 4 is 5.91 Å². The molecular formula is C15H21FN2O2. The number of rotatable bonds is 4. The number of carbonyl (C=O) groups excluding carboxylic acids is 1. The first kappa shape index (κ1) is 14.9. The van der Waals surface area contributed by atoms with E-state index in [-0.39, 0.29) is 24.3 Å². The Morgan fingerprint density at radius 3 is 2.80 bits per heavy atom. The predicted octanol–water partition coefficient (Wildman–Crippen LogP) is 2.10. The summed E-state index contributed by atoms with van der Waals surface area (Å²) >= 11 is 0. The van der Waals surface area contributed by atoms with Crippen LogP contribution in [0.25, 0.3) is 0 Å². The van der Waals surface area contributed by atoms with Crippen molar-refractivity contribution < 1.29 is 13.9 Å². The Hall–Kier alpha value is -1.46. The van der Waals surface area contributed by atoms with Crippen LogP contribution in [0.4, 0.5) is 4.39 Å². The topological polar surface area (TPSA) is 78.3 Å². The molecule has 5 heteroatoms. The lowest BCUT2D eigenvalue weighted by atomic mass is 10.1. The first-order chi connectivity index (χ1) is 9.58. The summed E-state index contributed by atoms with van der Waals surface area (Å²) in [5.41, 5.74) is 11.9. The number of amides is 1. The molecule has 1 aliphatic rings. The van der Waals surface area contributed by atoms with Gasteiger partial charge in [0.15, 0.2) is 0 Å². The van der Waals surface area contributed by atoms with Crippen molar-refractivity contribution in [3.8, 4) is 0 Å². The number of nitrogens with two attached hydrogens (primary N) is 2. The second-order valence-electron chi connectivity index (χ2n) is 5.32. The molecule has 0 heterocycles. The van der Waals surface area contributed by atoms with Gasteiger partial charge < -0.3 is 16.2 Å². The van der Waals surface area contributed by atoms with Crippen LogP contribution in [0.15, 0.2) is 18.2 Å². The number of benzene rings is 1. The average Bonchev–Trinajstić information content (AvgIpc) is 2.62. The summed E-state index contributed by atoms with van der Waals surface area (Å²) in [5, 5.41) is 0. The van der Waals surface area contributed by atoms with Gasteiger partial charge in [-0.05, 0) is 31.0 Å². The van der Waals surface area contributed by atoms with Crippen LogP contribution in [0, 0.1) is 5.82 Å². The first-order valence-electron chi connectivity index (χ1n) is 7.03. The molecule has 4 nitrogen and oxygen atoms in total. The maximum atomic E-state index is 13.7. The fraction of sp³-hybridized carbons (Fsp3) is 0.533. The SMILES string of the molecule is NC(=O)c1ccc(F)c(COC2CCCCCC2N)c1. The average molecular weight is 280 g/mol. The van der Waals surface area contributed by atoms with Gasteiger partial charge in [0, 0.05) is 17.2 Å². The fourth-order valence-electron chi connectivity index (χ4n) is 2.54. The minimum atomic E-state index is -0.572. The van der Waals surface area contributed by atoms with E-state index in [0.29, 0.717) is 5.56 Å². The predicted molar refractivity (Wildman–Crippen MR) is 74.6 cm³/mol. The van der Waals surface area contributed by atoms with Gasteiger partial charge in [0.1, 0.15) is 5.82 Å². The summed E-state index contributed by atoms with van der Waals surface area (Å²) in [6.45, 7) is 0.116. The Morgan fingerprint density at radius 2 is 2.05 bits per heavy atom. The molecule has 4 N–H and O–H groups in total. The Morgan fingerprint density at radius 1 is 1.30 bits per heavy atom. The van der Waals surface area contributed by atoms with E-state index in [1.807, 2.05) is 0 Å². The highest BCUT2D eigenvalue weighted by molar-refractivity contribution is 5.92. The van der Waals surface area contributed by atoms with E-state index in [4.69, 9.17) is 16.2 Å². The second-order valence-corrected chi connectivity index (χ2v) is 5.32. The van der Waals surface area contributed by atoms with Crippen molar-refractivity contribution in [2.75, 3.05) is 0 Å². The molecular weight excluding hydrogens is 259 g/mol. The van der Waals surface area contributed by atoms with Crippen molar-refractivity contribution in [3.63, 3.8) is 0 Å². The Balaban J connectivity index is 2.02. The van der Waals surface area contributed by atoms with Crippen LogP contribution in [-0.2, 0) is 11.3 Å². The molecule has 1 aliphatic carbocycles. The van der Waals surface area contributed by atoms with Crippen LogP contribution in [0.5, 0.6) is 0 Å². The highest BCUT2D eigenvalue weighted by Crippen LogP contribution is 2.21. The molecule has 1 amide bonds. The fourth-order valence-corrected chi connectivity index (χ4v) is 2.54. The van der Waals surface area contributed by atoms with Gasteiger partial charge in [0.2, 0.25) is 5.91 Å². The second kappa shape index (κ2) is 6.81. The third kappa shape index (κ3) is 3.77. The molecule has 1 fully saturated rings. The molecule has 1 saturated carbocycles. The number of hydrogen-bond donors (Lipinski definition) is 2. The lowest BCUT2D eigenvalue weighted by molar-refractivity contribution is 0.0181. The van der Waals surface area contributed by atoms with Crippen LogP contribution in [0.2, 0.25) is 0 Å². The molecule has 2 rings (SSSR count). The minimum Gasteiger partial charge on any atom is -0.372 e. The molecule has 0 bridgehead atoms. The van der Waals surface area contributed by atoms with E-state index >= 15 is 0 Å². The highest BCUT2D eigenvalue weighted by Gasteiger charge is 2.21. The molecule has 0 saturated heterocycles. The summed E-state index contributed by atoms with van der Waals surface area (Å²) in [4.78, 5) is 11.1. The molecule has 20 heavy (non-hydrogen) atoms. The molecule has 2 unspecified atom stereocenters. The molecule has 0 aromatic heterocycles. The molecule has 2 atom stereocenters. The molecule has 1 aromatic carbocycles. The van der Waals surface area contributed by atoms with Gasteiger partial charge in [-0.2, -0.15) is 0 Å². The standard InChI is InChI=1S/C15H21FN2O2/c16-12-7-6-10(15(18)19)8-11(12)9-20-14-5-3-1-2-4-13(14)17/h6-8,13-14H,1-5,9,17H2,(H2,18,19). The van der Waals surface area contributed by atoms with Gasteiger partial charge in [0.25, 0.3) is 0 Å². The van der Waals surface area contributed by atoms with Crippen LogP contribution in [-0.4, -0.2) is 18.1 Å². The molecule has 0 aliphatic heterocycles. The lowest BCUT2D eigenvalue weighted by Crippen LogP contribution is -2.35. The Bertz CT molecular complexity index is 479. The van der Waals surface area contributed by atoms with Crippen LogP contribution in [0.3, 0.4) is 0 Å². The maximum Gasteiger partial charge on any atom is 0.248 e. The third-order valence-electron chi connectivity index (χ3n) is 3.79. The van der Waals surface area contributed by atoms with Gasteiger partial charge in [-0.3, -0.25) is 4.79 Å². The third-order valence-corrected chi connectivity index (χ3v) is 3.79. The molecule has 0 spiro atoms. The largest absolute Gasteiger partial charge is 0.372 e. The zero-order valence-electron chi connectivity index (χ0n) is 11.5. The van der Waals surface area contributed by atoms with E-state index < -0.39 is 11.7 Å². The van der Waals surface area contributed by atoms with Gasteiger partial charge in [-0.1, -0.05) is 19.3 Å². The molecule has 110 valence electrons. The summed E-state index contributed by atoms with van der Waals surface area (Å²) < 4.78 is 19.5. The lowest BCUT2D eigenvalue weighted by Gasteiger charge is -2.22. The monoisotopic (exact) mass is 280 g/mol. The van der Waals surface area contributed by atoms with Crippen molar-refractivity contribution in [2.24, 2.45) is 11.5 Å². The number of hydrogen-bond acceptors (Lipinski definition) is 3. The van der Waals surface area contributed by atoms with Gasteiger partial charge in [0.05, 0.1) is 12.7 Å². The zero-order chi connectivity index (χ0) is 14.5. The number of primary amides is 1. The van der Waals surface area contributed by atoms with E-state index in [1.54, 1.807) is 0 Å². The number of halogens is 1. The van der Waals surface area contributed by atoms with Crippen LogP contribution >= 0.6 is 0 Å². The van der Waals surface area contributed by atoms with Crippen molar-refractivity contribution in [2.45, 2.75) is 50.9 Å². The van der Waals surface area contributed by atoms with Crippen LogP contribution < -0.4 is 11.5 Å². The summed E-state index contributed by atoms with van der Waals surface area (Å²) in [6, 6.07) is 4.06. The van der Waals surface area contributed by atoms with E-state index in [9.17, 15) is 9.18 Å².